The van der Waals surface area contributed by atoms with Crippen molar-refractivity contribution in [2.45, 2.75) is 51.6 Å². The van der Waals surface area contributed by atoms with Crippen LogP contribution in [0.1, 0.15) is 38.3 Å². The maximum Gasteiger partial charge on any atom is 0.242 e. The standard InChI is InChI=1S/C23H28F2N2O2S/c1-4-16(2)26-23(29)17(3)27(13-18-5-9-20(24)10-6-18)22(28)15-30-14-19-7-11-21(25)12-8-19/h5-12,16-17H,4,13-15H2,1-3H3,(H,26,29)/t16-,17+/m0/s1. The van der Waals surface area contributed by atoms with Crippen molar-refractivity contribution in [1.29, 1.82) is 0 Å². The zero-order chi connectivity index (χ0) is 22.1. The highest BCUT2D eigenvalue weighted by molar-refractivity contribution is 7.99. The Hall–Kier alpha value is -2.41. The minimum atomic E-state index is -0.664. The maximum absolute atomic E-state index is 13.2. The fourth-order valence-electron chi connectivity index (χ4n) is 2.75. The molecule has 1 N–H and O–H groups in total. The van der Waals surface area contributed by atoms with Gasteiger partial charge in [-0.3, -0.25) is 9.59 Å². The van der Waals surface area contributed by atoms with Crippen LogP contribution in [0.4, 0.5) is 8.78 Å². The lowest BCUT2D eigenvalue weighted by Crippen LogP contribution is -2.50. The van der Waals surface area contributed by atoms with Gasteiger partial charge in [0.15, 0.2) is 0 Å². The molecule has 0 aromatic heterocycles. The highest BCUT2D eigenvalue weighted by Crippen LogP contribution is 2.17. The molecule has 0 spiro atoms. The van der Waals surface area contributed by atoms with E-state index in [1.807, 2.05) is 13.8 Å². The molecule has 0 fully saturated rings. The summed E-state index contributed by atoms with van der Waals surface area (Å²) in [6.07, 6.45) is 0.790. The van der Waals surface area contributed by atoms with Crippen molar-refractivity contribution in [3.05, 3.63) is 71.3 Å². The summed E-state index contributed by atoms with van der Waals surface area (Å²) in [5.74, 6) is -0.314. The Morgan fingerprint density at radius 3 is 2.03 bits per heavy atom. The number of benzene rings is 2. The third kappa shape index (κ3) is 7.44. The highest BCUT2D eigenvalue weighted by Gasteiger charge is 2.26. The van der Waals surface area contributed by atoms with E-state index < -0.39 is 6.04 Å². The molecule has 4 nitrogen and oxygen atoms in total. The van der Waals surface area contributed by atoms with Gasteiger partial charge in [-0.05, 0) is 55.7 Å². The molecule has 0 saturated heterocycles. The SMILES string of the molecule is CC[C@H](C)NC(=O)[C@@H](C)N(Cc1ccc(F)cc1)C(=O)CSCc1ccc(F)cc1. The van der Waals surface area contributed by atoms with E-state index in [9.17, 15) is 18.4 Å². The first kappa shape index (κ1) is 23.9. The molecule has 0 bridgehead atoms. The van der Waals surface area contributed by atoms with E-state index in [0.717, 1.165) is 17.5 Å². The minimum absolute atomic E-state index is 0.00979. The van der Waals surface area contributed by atoms with Crippen molar-refractivity contribution in [2.24, 2.45) is 0 Å². The summed E-state index contributed by atoms with van der Waals surface area (Å²) < 4.78 is 26.3. The van der Waals surface area contributed by atoms with Gasteiger partial charge in [-0.2, -0.15) is 0 Å². The summed E-state index contributed by atoms with van der Waals surface area (Å²) in [7, 11) is 0. The maximum atomic E-state index is 13.2. The molecular weight excluding hydrogens is 406 g/mol. The average Bonchev–Trinajstić information content (AvgIpc) is 2.74. The fourth-order valence-corrected chi connectivity index (χ4v) is 3.63. The number of thioether (sulfide) groups is 1. The van der Waals surface area contributed by atoms with E-state index in [4.69, 9.17) is 0 Å². The van der Waals surface area contributed by atoms with E-state index in [1.54, 1.807) is 31.2 Å². The number of hydrogen-bond donors (Lipinski definition) is 1. The molecule has 162 valence electrons. The van der Waals surface area contributed by atoms with Gasteiger partial charge in [0.2, 0.25) is 11.8 Å². The number of rotatable bonds is 10. The largest absolute Gasteiger partial charge is 0.352 e. The molecule has 2 aromatic rings. The van der Waals surface area contributed by atoms with E-state index >= 15 is 0 Å². The van der Waals surface area contributed by atoms with Crippen LogP contribution in [0, 0.1) is 11.6 Å². The van der Waals surface area contributed by atoms with Crippen molar-refractivity contribution in [1.82, 2.24) is 10.2 Å². The van der Waals surface area contributed by atoms with Gasteiger partial charge in [-0.1, -0.05) is 31.2 Å². The molecule has 7 heteroatoms. The summed E-state index contributed by atoms with van der Waals surface area (Å²) in [5.41, 5.74) is 1.67. The van der Waals surface area contributed by atoms with E-state index in [-0.39, 0.29) is 41.8 Å². The van der Waals surface area contributed by atoms with Crippen LogP contribution in [-0.4, -0.2) is 34.6 Å². The highest BCUT2D eigenvalue weighted by atomic mass is 32.2. The van der Waals surface area contributed by atoms with E-state index in [0.29, 0.717) is 5.75 Å². The monoisotopic (exact) mass is 434 g/mol. The Morgan fingerprint density at radius 1 is 0.967 bits per heavy atom. The van der Waals surface area contributed by atoms with Crippen molar-refractivity contribution >= 4 is 23.6 Å². The van der Waals surface area contributed by atoms with Crippen LogP contribution in [-0.2, 0) is 21.9 Å². The Kier molecular flexibility index (Phi) is 9.30. The van der Waals surface area contributed by atoms with Crippen LogP contribution in [0.3, 0.4) is 0 Å². The predicted molar refractivity (Wildman–Crippen MR) is 117 cm³/mol. The predicted octanol–water partition coefficient (Wildman–Crippen LogP) is 4.53. The smallest absolute Gasteiger partial charge is 0.242 e. The van der Waals surface area contributed by atoms with Crippen LogP contribution in [0.25, 0.3) is 0 Å². The summed E-state index contributed by atoms with van der Waals surface area (Å²) in [4.78, 5) is 27.1. The third-order valence-corrected chi connectivity index (χ3v) is 5.83. The Bertz CT molecular complexity index is 828. The Balaban J connectivity index is 2.06. The van der Waals surface area contributed by atoms with Crippen LogP contribution >= 0.6 is 11.8 Å². The van der Waals surface area contributed by atoms with Gasteiger partial charge in [0.1, 0.15) is 17.7 Å². The molecule has 2 atom stereocenters. The molecule has 2 rings (SSSR count). The molecule has 2 amide bonds. The molecule has 0 unspecified atom stereocenters. The van der Waals surface area contributed by atoms with Gasteiger partial charge < -0.3 is 10.2 Å². The normalized spacial score (nSPS) is 12.8. The van der Waals surface area contributed by atoms with Crippen LogP contribution < -0.4 is 5.32 Å². The molecule has 0 heterocycles. The minimum Gasteiger partial charge on any atom is -0.352 e. The summed E-state index contributed by atoms with van der Waals surface area (Å²) in [6.45, 7) is 5.80. The number of nitrogens with zero attached hydrogens (tertiary/aromatic N) is 1. The number of carbonyl (C=O) groups excluding carboxylic acids is 2. The average molecular weight is 435 g/mol. The first-order valence-electron chi connectivity index (χ1n) is 9.96. The first-order chi connectivity index (χ1) is 14.3. The molecule has 2 aromatic carbocycles. The molecule has 0 aliphatic heterocycles. The lowest BCUT2D eigenvalue weighted by atomic mass is 10.1. The van der Waals surface area contributed by atoms with Gasteiger partial charge in [0.25, 0.3) is 0 Å². The lowest BCUT2D eigenvalue weighted by Gasteiger charge is -2.29. The fraction of sp³-hybridized carbons (Fsp3) is 0.391. The third-order valence-electron chi connectivity index (χ3n) is 4.84. The molecule has 0 aliphatic rings. The number of hydrogen-bond acceptors (Lipinski definition) is 3. The lowest BCUT2D eigenvalue weighted by molar-refractivity contribution is -0.138. The number of nitrogens with one attached hydrogen (secondary N) is 1. The van der Waals surface area contributed by atoms with Crippen molar-refractivity contribution in [3.8, 4) is 0 Å². The second kappa shape index (κ2) is 11.7. The Morgan fingerprint density at radius 2 is 1.50 bits per heavy atom. The first-order valence-corrected chi connectivity index (χ1v) is 11.1. The van der Waals surface area contributed by atoms with Gasteiger partial charge in [0, 0.05) is 18.3 Å². The van der Waals surface area contributed by atoms with Gasteiger partial charge >= 0.3 is 0 Å². The molecular formula is C23H28F2N2O2S. The quantitative estimate of drug-likeness (QED) is 0.598. The molecule has 30 heavy (non-hydrogen) atoms. The molecule has 0 aliphatic carbocycles. The zero-order valence-corrected chi connectivity index (χ0v) is 18.3. The van der Waals surface area contributed by atoms with E-state index in [2.05, 4.69) is 5.32 Å². The van der Waals surface area contributed by atoms with Gasteiger partial charge in [-0.15, -0.1) is 11.8 Å². The van der Waals surface area contributed by atoms with Crippen molar-refractivity contribution in [2.75, 3.05) is 5.75 Å². The molecule has 0 radical (unpaired) electrons. The number of amides is 2. The van der Waals surface area contributed by atoms with Gasteiger partial charge in [0.05, 0.1) is 5.75 Å². The second-order valence-corrected chi connectivity index (χ2v) is 8.25. The van der Waals surface area contributed by atoms with E-state index in [1.165, 1.54) is 40.9 Å². The number of halogens is 2. The summed E-state index contributed by atoms with van der Waals surface area (Å²) >= 11 is 1.40. The second-order valence-electron chi connectivity index (χ2n) is 7.26. The summed E-state index contributed by atoms with van der Waals surface area (Å²) in [5, 5.41) is 2.91. The number of carbonyl (C=O) groups is 2. The zero-order valence-electron chi connectivity index (χ0n) is 17.5. The summed E-state index contributed by atoms with van der Waals surface area (Å²) in [6, 6.07) is 11.4. The Labute approximate surface area is 181 Å². The topological polar surface area (TPSA) is 49.4 Å². The van der Waals surface area contributed by atoms with Crippen LogP contribution in [0.2, 0.25) is 0 Å². The van der Waals surface area contributed by atoms with Crippen LogP contribution in [0.15, 0.2) is 48.5 Å². The van der Waals surface area contributed by atoms with Crippen LogP contribution in [0.5, 0.6) is 0 Å². The van der Waals surface area contributed by atoms with Crippen molar-refractivity contribution in [3.63, 3.8) is 0 Å². The van der Waals surface area contributed by atoms with Gasteiger partial charge in [-0.25, -0.2) is 8.78 Å². The molecule has 0 saturated carbocycles. The van der Waals surface area contributed by atoms with Crippen molar-refractivity contribution < 1.29 is 18.4 Å².